The molecule has 0 aliphatic carbocycles. The number of fused-ring (bicyclic) bond motifs is 1. The largest absolute Gasteiger partial charge is 0.464 e. The number of esters is 1. The van der Waals surface area contributed by atoms with Crippen molar-refractivity contribution in [1.82, 2.24) is 15.0 Å². The summed E-state index contributed by atoms with van der Waals surface area (Å²) in [7, 11) is 1.30. The number of hydrazine groups is 1. The first-order valence-corrected chi connectivity index (χ1v) is 12.8. The van der Waals surface area contributed by atoms with E-state index in [4.69, 9.17) is 4.74 Å². The highest BCUT2D eigenvalue weighted by Gasteiger charge is 2.24. The van der Waals surface area contributed by atoms with Crippen LogP contribution in [-0.2, 0) is 11.3 Å². The van der Waals surface area contributed by atoms with Crippen molar-refractivity contribution in [3.05, 3.63) is 129 Å². The molecule has 0 atom stereocenters. The molecule has 2 aromatic heterocycles. The highest BCUT2D eigenvalue weighted by Crippen LogP contribution is 2.33. The molecule has 0 aliphatic heterocycles. The van der Waals surface area contributed by atoms with E-state index in [9.17, 15) is 14.4 Å². The van der Waals surface area contributed by atoms with Gasteiger partial charge in [0.25, 0.3) is 11.5 Å². The summed E-state index contributed by atoms with van der Waals surface area (Å²) in [6.07, 6.45) is 1.61. The van der Waals surface area contributed by atoms with Crippen LogP contribution < -0.4 is 16.4 Å². The fourth-order valence-electron chi connectivity index (χ4n) is 4.35. The van der Waals surface area contributed by atoms with Crippen molar-refractivity contribution in [1.29, 1.82) is 0 Å². The summed E-state index contributed by atoms with van der Waals surface area (Å²) >= 11 is 3.49. The number of methoxy groups -OCH3 is 1. The standard InChI is InChI=1S/C30H23BrN4O4/c1-39-30(38)27-26(20-7-3-2-4-8-20)24-17-22(31)14-15-23(24)29(37)35(27)18-19-10-12-21(13-11-19)28(36)34-33-25-9-5-6-16-32-25/h2-17H,18H2,1H3,(H,32,33)(H,34,36). The van der Waals surface area contributed by atoms with E-state index in [1.807, 2.05) is 36.4 Å². The molecule has 0 bridgehead atoms. The molecule has 1 amide bonds. The van der Waals surface area contributed by atoms with Crippen LogP contribution in [0.4, 0.5) is 5.82 Å². The molecule has 0 fully saturated rings. The second kappa shape index (κ2) is 11.3. The van der Waals surface area contributed by atoms with Crippen LogP contribution in [0, 0.1) is 0 Å². The van der Waals surface area contributed by atoms with Gasteiger partial charge >= 0.3 is 5.97 Å². The lowest BCUT2D eigenvalue weighted by Gasteiger charge is -2.19. The predicted octanol–water partition coefficient (Wildman–Crippen LogP) is 5.42. The third kappa shape index (κ3) is 5.44. The minimum absolute atomic E-state index is 0.100. The van der Waals surface area contributed by atoms with Crippen molar-refractivity contribution >= 4 is 44.4 Å². The van der Waals surface area contributed by atoms with Crippen LogP contribution >= 0.6 is 15.9 Å². The normalized spacial score (nSPS) is 10.7. The van der Waals surface area contributed by atoms with Crippen molar-refractivity contribution in [2.75, 3.05) is 12.5 Å². The third-order valence-corrected chi connectivity index (χ3v) is 6.69. The summed E-state index contributed by atoms with van der Waals surface area (Å²) in [5.74, 6) is -0.457. The first-order chi connectivity index (χ1) is 19.0. The molecular weight excluding hydrogens is 560 g/mol. The lowest BCUT2D eigenvalue weighted by atomic mass is 9.96. The zero-order chi connectivity index (χ0) is 27.4. The summed E-state index contributed by atoms with van der Waals surface area (Å²) in [6, 6.07) is 26.9. The number of rotatable bonds is 7. The maximum Gasteiger partial charge on any atom is 0.355 e. The fourth-order valence-corrected chi connectivity index (χ4v) is 4.71. The van der Waals surface area contributed by atoms with E-state index in [2.05, 4.69) is 31.8 Å². The average molecular weight is 583 g/mol. The number of nitrogens with zero attached hydrogens (tertiary/aromatic N) is 2. The second-order valence-corrected chi connectivity index (χ2v) is 9.57. The zero-order valence-corrected chi connectivity index (χ0v) is 22.4. The Morgan fingerprint density at radius 3 is 2.36 bits per heavy atom. The molecule has 0 aliphatic rings. The molecule has 194 valence electrons. The van der Waals surface area contributed by atoms with Crippen molar-refractivity contribution in [3.63, 3.8) is 0 Å². The Hall–Kier alpha value is -4.76. The van der Waals surface area contributed by atoms with Gasteiger partial charge < -0.3 is 4.74 Å². The molecule has 9 heteroatoms. The number of amides is 1. The Balaban J connectivity index is 1.54. The fraction of sp³-hybridized carbons (Fsp3) is 0.0667. The van der Waals surface area contributed by atoms with Crippen molar-refractivity contribution in [2.45, 2.75) is 6.54 Å². The number of carbonyl (C=O) groups excluding carboxylic acids is 2. The molecule has 2 heterocycles. The predicted molar refractivity (Wildman–Crippen MR) is 154 cm³/mol. The van der Waals surface area contributed by atoms with Gasteiger partial charge in [-0.25, -0.2) is 9.78 Å². The number of halogens is 1. The highest BCUT2D eigenvalue weighted by atomic mass is 79.9. The van der Waals surface area contributed by atoms with E-state index < -0.39 is 5.97 Å². The molecule has 0 saturated carbocycles. The summed E-state index contributed by atoms with van der Waals surface area (Å²) in [5, 5.41) is 1.12. The van der Waals surface area contributed by atoms with Gasteiger partial charge in [0.05, 0.1) is 13.7 Å². The first kappa shape index (κ1) is 25.9. The lowest BCUT2D eigenvalue weighted by Crippen LogP contribution is -2.30. The summed E-state index contributed by atoms with van der Waals surface area (Å²) in [4.78, 5) is 43.6. The maximum absolute atomic E-state index is 13.7. The van der Waals surface area contributed by atoms with Gasteiger partial charge in [-0.15, -0.1) is 0 Å². The van der Waals surface area contributed by atoms with Crippen LogP contribution in [0.2, 0.25) is 0 Å². The van der Waals surface area contributed by atoms with E-state index in [1.165, 1.54) is 11.7 Å². The first-order valence-electron chi connectivity index (χ1n) is 12.0. The Bertz CT molecular complexity index is 1720. The number of carbonyl (C=O) groups is 2. The molecule has 0 unspecified atom stereocenters. The van der Waals surface area contributed by atoms with E-state index in [-0.39, 0.29) is 23.7 Å². The number of pyridine rings is 2. The molecule has 39 heavy (non-hydrogen) atoms. The highest BCUT2D eigenvalue weighted by molar-refractivity contribution is 9.10. The number of anilines is 1. The molecule has 8 nitrogen and oxygen atoms in total. The van der Waals surface area contributed by atoms with Crippen molar-refractivity contribution in [2.24, 2.45) is 0 Å². The van der Waals surface area contributed by atoms with Gasteiger partial charge in [0.15, 0.2) is 0 Å². The van der Waals surface area contributed by atoms with E-state index in [0.29, 0.717) is 27.7 Å². The van der Waals surface area contributed by atoms with Crippen LogP contribution in [0.15, 0.2) is 106 Å². The molecule has 3 aromatic carbocycles. The SMILES string of the molecule is COC(=O)c1c(-c2ccccc2)c2cc(Br)ccc2c(=O)n1Cc1ccc(C(=O)NNc2ccccn2)cc1. The van der Waals surface area contributed by atoms with Crippen molar-refractivity contribution < 1.29 is 14.3 Å². The molecule has 2 N–H and O–H groups in total. The minimum atomic E-state index is -0.621. The van der Waals surface area contributed by atoms with E-state index in [1.54, 1.807) is 60.8 Å². The van der Waals surface area contributed by atoms with Gasteiger partial charge in [-0.2, -0.15) is 0 Å². The van der Waals surface area contributed by atoms with E-state index in [0.717, 1.165) is 15.6 Å². The van der Waals surface area contributed by atoms with Gasteiger partial charge in [-0.05, 0) is 59.0 Å². The number of nitrogens with one attached hydrogen (secondary N) is 2. The number of ether oxygens (including phenoxy) is 1. The Morgan fingerprint density at radius 2 is 1.67 bits per heavy atom. The third-order valence-electron chi connectivity index (χ3n) is 6.20. The van der Waals surface area contributed by atoms with Gasteiger partial charge in [-0.3, -0.25) is 25.0 Å². The number of hydrogen-bond acceptors (Lipinski definition) is 6. The van der Waals surface area contributed by atoms with Gasteiger partial charge in [-0.1, -0.05) is 64.5 Å². The van der Waals surface area contributed by atoms with Crippen molar-refractivity contribution in [3.8, 4) is 11.1 Å². The summed E-state index contributed by atoms with van der Waals surface area (Å²) in [5.41, 5.74) is 7.73. The molecule has 0 saturated heterocycles. The quantitative estimate of drug-likeness (QED) is 0.196. The van der Waals surface area contributed by atoms with Gasteiger partial charge in [0, 0.05) is 27.2 Å². The monoisotopic (exact) mass is 582 g/mol. The topological polar surface area (TPSA) is 102 Å². The Kier molecular flexibility index (Phi) is 7.51. The van der Waals surface area contributed by atoms with Crippen LogP contribution in [0.1, 0.15) is 26.4 Å². The smallest absolute Gasteiger partial charge is 0.355 e. The molecule has 0 spiro atoms. The Labute approximate surface area is 232 Å². The van der Waals surface area contributed by atoms with Gasteiger partial charge in [0.1, 0.15) is 11.5 Å². The second-order valence-electron chi connectivity index (χ2n) is 8.65. The summed E-state index contributed by atoms with van der Waals surface area (Å²) < 4.78 is 7.37. The van der Waals surface area contributed by atoms with Crippen LogP contribution in [0.25, 0.3) is 21.9 Å². The van der Waals surface area contributed by atoms with Crippen LogP contribution in [0.3, 0.4) is 0 Å². The van der Waals surface area contributed by atoms with Gasteiger partial charge in [0.2, 0.25) is 0 Å². The zero-order valence-electron chi connectivity index (χ0n) is 20.9. The van der Waals surface area contributed by atoms with Crippen LogP contribution in [0.5, 0.6) is 0 Å². The van der Waals surface area contributed by atoms with Crippen LogP contribution in [-0.4, -0.2) is 28.5 Å². The maximum atomic E-state index is 13.7. The number of hydrogen-bond donors (Lipinski definition) is 2. The molecular formula is C30H23BrN4O4. The lowest BCUT2D eigenvalue weighted by molar-refractivity contribution is 0.0588. The summed E-state index contributed by atoms with van der Waals surface area (Å²) in [6.45, 7) is 0.100. The number of aromatic nitrogens is 2. The molecule has 5 rings (SSSR count). The van der Waals surface area contributed by atoms with E-state index >= 15 is 0 Å². The Morgan fingerprint density at radius 1 is 0.923 bits per heavy atom. The minimum Gasteiger partial charge on any atom is -0.464 e. The molecule has 0 radical (unpaired) electrons. The molecule has 5 aromatic rings. The number of benzene rings is 3. The average Bonchev–Trinajstić information content (AvgIpc) is 2.98.